The molecule has 0 fully saturated rings. The summed E-state index contributed by atoms with van der Waals surface area (Å²) in [6, 6.07) is 6.83. The Kier molecular flexibility index (Phi) is 5.37. The maximum absolute atomic E-state index is 12.6. The average molecular weight is 381 g/mol. The van der Waals surface area contributed by atoms with Crippen LogP contribution in [0.5, 0.6) is 0 Å². The van der Waals surface area contributed by atoms with Crippen molar-refractivity contribution in [1.29, 1.82) is 0 Å². The number of benzene rings is 1. The molecular formula is C17H17ClN2O2S2. The molecule has 0 unspecified atom stereocenters. The summed E-state index contributed by atoms with van der Waals surface area (Å²) in [5.41, 5.74) is 1.49. The largest absolute Gasteiger partial charge is 0.293 e. The molecule has 0 aliphatic carbocycles. The van der Waals surface area contributed by atoms with Gasteiger partial charge in [-0.25, -0.2) is 4.98 Å². The van der Waals surface area contributed by atoms with E-state index < -0.39 is 0 Å². The maximum atomic E-state index is 12.6. The van der Waals surface area contributed by atoms with E-state index >= 15 is 0 Å². The van der Waals surface area contributed by atoms with E-state index in [2.05, 4.69) is 11.9 Å². The lowest BCUT2D eigenvalue weighted by atomic mass is 10.1. The Hall–Kier alpha value is -1.24. The molecule has 0 saturated heterocycles. The minimum absolute atomic E-state index is 0.00295. The Morgan fingerprint density at radius 1 is 1.42 bits per heavy atom. The third kappa shape index (κ3) is 3.55. The molecule has 0 radical (unpaired) electrons. The zero-order valence-electron chi connectivity index (χ0n) is 13.4. The van der Waals surface area contributed by atoms with Crippen LogP contribution in [0.2, 0.25) is 5.02 Å². The highest BCUT2D eigenvalue weighted by Crippen LogP contribution is 2.34. The van der Waals surface area contributed by atoms with Gasteiger partial charge in [0.15, 0.2) is 10.9 Å². The van der Waals surface area contributed by atoms with Gasteiger partial charge in [0.1, 0.15) is 0 Å². The van der Waals surface area contributed by atoms with Gasteiger partial charge in [0.2, 0.25) is 0 Å². The first kappa shape index (κ1) is 17.6. The summed E-state index contributed by atoms with van der Waals surface area (Å²) in [4.78, 5) is 30.3. The van der Waals surface area contributed by atoms with Gasteiger partial charge in [-0.2, -0.15) is 0 Å². The Bertz CT molecular complexity index is 834. The summed E-state index contributed by atoms with van der Waals surface area (Å²) in [6.07, 6.45) is 0.804. The topological polar surface area (TPSA) is 52.0 Å². The van der Waals surface area contributed by atoms with Crippen LogP contribution < -0.4 is 5.56 Å². The molecule has 1 aromatic heterocycles. The first-order valence-electron chi connectivity index (χ1n) is 7.71. The number of hydrogen-bond donors (Lipinski definition) is 0. The number of halogens is 1. The molecule has 1 atom stereocenters. The lowest BCUT2D eigenvalue weighted by molar-refractivity contribution is 0.102. The van der Waals surface area contributed by atoms with Crippen LogP contribution >= 0.6 is 35.1 Å². The predicted molar refractivity (Wildman–Crippen MR) is 99.7 cm³/mol. The van der Waals surface area contributed by atoms with Crippen LogP contribution in [0, 0.1) is 0 Å². The van der Waals surface area contributed by atoms with E-state index in [-0.39, 0.29) is 17.1 Å². The second-order valence-corrected chi connectivity index (χ2v) is 8.40. The number of hydrogen-bond acceptors (Lipinski definition) is 5. The second-order valence-electron chi connectivity index (χ2n) is 5.57. The molecule has 1 aromatic carbocycles. The van der Waals surface area contributed by atoms with E-state index in [9.17, 15) is 9.59 Å². The van der Waals surface area contributed by atoms with E-state index in [0.29, 0.717) is 27.5 Å². The highest BCUT2D eigenvalue weighted by molar-refractivity contribution is 8.00. The van der Waals surface area contributed by atoms with Gasteiger partial charge in [0.25, 0.3) is 5.56 Å². The molecule has 1 aliphatic heterocycles. The number of aromatic nitrogens is 2. The van der Waals surface area contributed by atoms with Gasteiger partial charge in [-0.05, 0) is 31.2 Å². The van der Waals surface area contributed by atoms with Gasteiger partial charge in [-0.1, -0.05) is 30.3 Å². The zero-order chi connectivity index (χ0) is 17.3. The van der Waals surface area contributed by atoms with E-state index in [0.717, 1.165) is 17.0 Å². The van der Waals surface area contributed by atoms with Crippen LogP contribution in [0.25, 0.3) is 0 Å². The van der Waals surface area contributed by atoms with Crippen molar-refractivity contribution in [2.45, 2.75) is 42.1 Å². The fourth-order valence-corrected chi connectivity index (χ4v) is 4.78. The first-order valence-corrected chi connectivity index (χ1v) is 9.95. The summed E-state index contributed by atoms with van der Waals surface area (Å²) in [7, 11) is 0. The number of carbonyl (C=O) groups is 1. The molecule has 0 N–H and O–H groups in total. The highest BCUT2D eigenvalue weighted by atomic mass is 35.5. The van der Waals surface area contributed by atoms with E-state index in [1.165, 1.54) is 11.8 Å². The van der Waals surface area contributed by atoms with Gasteiger partial charge >= 0.3 is 0 Å². The van der Waals surface area contributed by atoms with Crippen molar-refractivity contribution >= 4 is 40.9 Å². The van der Waals surface area contributed by atoms with Gasteiger partial charge < -0.3 is 0 Å². The summed E-state index contributed by atoms with van der Waals surface area (Å²) in [6.45, 7) is 4.56. The van der Waals surface area contributed by atoms with Gasteiger partial charge in [-0.15, -0.1) is 11.8 Å². The number of carbonyl (C=O) groups excluding carboxylic acids is 1. The molecule has 0 saturated carbocycles. The highest BCUT2D eigenvalue weighted by Gasteiger charge is 2.26. The molecule has 0 bridgehead atoms. The number of thioether (sulfide) groups is 2. The van der Waals surface area contributed by atoms with Crippen LogP contribution in [0.1, 0.15) is 29.9 Å². The van der Waals surface area contributed by atoms with Crippen LogP contribution in [0.15, 0.2) is 39.1 Å². The molecular weight excluding hydrogens is 364 g/mol. The molecule has 2 heterocycles. The Morgan fingerprint density at radius 2 is 2.12 bits per heavy atom. The number of nitrogens with zero attached hydrogens (tertiary/aromatic N) is 2. The van der Waals surface area contributed by atoms with E-state index in [1.54, 1.807) is 40.6 Å². The Labute approximate surface area is 154 Å². The monoisotopic (exact) mass is 380 g/mol. The summed E-state index contributed by atoms with van der Waals surface area (Å²) in [5.74, 6) is 0.243. The minimum Gasteiger partial charge on any atom is -0.293 e. The van der Waals surface area contributed by atoms with Crippen LogP contribution in [-0.4, -0.2) is 26.3 Å². The summed E-state index contributed by atoms with van der Waals surface area (Å²) >= 11 is 8.76. The predicted octanol–water partition coefficient (Wildman–Crippen LogP) is 3.93. The lowest BCUT2D eigenvalue weighted by Crippen LogP contribution is -2.24. The summed E-state index contributed by atoms with van der Waals surface area (Å²) in [5, 5.41) is 1.60. The number of fused-ring (bicyclic) bond motifs is 1. The molecule has 3 rings (SSSR count). The van der Waals surface area contributed by atoms with Crippen LogP contribution in [0.3, 0.4) is 0 Å². The van der Waals surface area contributed by atoms with Crippen molar-refractivity contribution in [2.75, 3.05) is 5.75 Å². The van der Waals surface area contributed by atoms with Crippen molar-refractivity contribution in [3.8, 4) is 0 Å². The van der Waals surface area contributed by atoms with Gasteiger partial charge in [0, 0.05) is 28.8 Å². The standard InChI is InChI=1S/C17H17ClN2O2S2/c1-3-20-16(22)15-13(8-10(2)24-15)19-17(20)23-9-14(21)11-4-6-12(18)7-5-11/h4-7,10H,3,8-9H2,1-2H3/t10-/m0/s1. The molecule has 2 aromatic rings. The molecule has 7 heteroatoms. The third-order valence-corrected chi connectivity index (χ3v) is 6.22. The average Bonchev–Trinajstić information content (AvgIpc) is 2.94. The quantitative estimate of drug-likeness (QED) is 0.447. The maximum Gasteiger partial charge on any atom is 0.268 e. The lowest BCUT2D eigenvalue weighted by Gasteiger charge is -2.11. The number of ketones is 1. The Balaban J connectivity index is 1.81. The van der Waals surface area contributed by atoms with E-state index in [4.69, 9.17) is 11.6 Å². The van der Waals surface area contributed by atoms with Crippen LogP contribution in [-0.2, 0) is 13.0 Å². The van der Waals surface area contributed by atoms with Crippen LogP contribution in [0.4, 0.5) is 0 Å². The number of rotatable bonds is 5. The second kappa shape index (κ2) is 7.33. The summed E-state index contributed by atoms with van der Waals surface area (Å²) < 4.78 is 1.66. The van der Waals surface area contributed by atoms with E-state index in [1.807, 2.05) is 6.92 Å². The first-order chi connectivity index (χ1) is 11.5. The molecule has 126 valence electrons. The smallest absolute Gasteiger partial charge is 0.268 e. The normalized spacial score (nSPS) is 16.2. The molecule has 1 aliphatic rings. The van der Waals surface area contributed by atoms with Crippen molar-refractivity contribution in [3.05, 3.63) is 50.9 Å². The van der Waals surface area contributed by atoms with Crippen molar-refractivity contribution < 1.29 is 4.79 Å². The number of Topliss-reactive ketones (excluding diaryl/α,β-unsaturated/α-hetero) is 1. The Morgan fingerprint density at radius 3 is 2.79 bits per heavy atom. The SMILES string of the molecule is CCn1c(SCC(=O)c2ccc(Cl)cc2)nc2c(c1=O)S[C@@H](C)C2. The third-order valence-electron chi connectivity index (χ3n) is 3.78. The molecule has 0 amide bonds. The minimum atomic E-state index is -0.00295. The van der Waals surface area contributed by atoms with Crippen molar-refractivity contribution in [3.63, 3.8) is 0 Å². The van der Waals surface area contributed by atoms with Crippen molar-refractivity contribution in [2.24, 2.45) is 0 Å². The zero-order valence-corrected chi connectivity index (χ0v) is 15.8. The van der Waals surface area contributed by atoms with Gasteiger partial charge in [-0.3, -0.25) is 14.2 Å². The van der Waals surface area contributed by atoms with Gasteiger partial charge in [0.05, 0.1) is 16.3 Å². The fourth-order valence-electron chi connectivity index (χ4n) is 2.57. The molecule has 24 heavy (non-hydrogen) atoms. The molecule has 4 nitrogen and oxygen atoms in total. The fraction of sp³-hybridized carbons (Fsp3) is 0.353. The molecule has 0 spiro atoms. The van der Waals surface area contributed by atoms with Crippen molar-refractivity contribution in [1.82, 2.24) is 9.55 Å².